The number of benzene rings is 1. The Labute approximate surface area is 105 Å². The number of hydrogen-bond acceptors (Lipinski definition) is 4. The smallest absolute Gasteiger partial charge is 0.153 e. The summed E-state index contributed by atoms with van der Waals surface area (Å²) in [5.41, 5.74) is 5.23. The molecule has 0 spiro atoms. The van der Waals surface area contributed by atoms with E-state index in [4.69, 9.17) is 22.6 Å². The topological polar surface area (TPSA) is 83.9 Å². The Morgan fingerprint density at radius 1 is 1.41 bits per heavy atom. The molecule has 1 aliphatic rings. The van der Waals surface area contributed by atoms with E-state index in [0.717, 1.165) is 11.8 Å². The fraction of sp³-hybridized carbons (Fsp3) is 0.364. The monoisotopic (exact) mass is 270 g/mol. The van der Waals surface area contributed by atoms with E-state index in [-0.39, 0.29) is 0 Å². The van der Waals surface area contributed by atoms with Gasteiger partial charge in [0.25, 0.3) is 0 Å². The average Bonchev–Trinajstić information content (AvgIpc) is 2.87. The zero-order valence-electron chi connectivity index (χ0n) is 9.09. The van der Waals surface area contributed by atoms with Gasteiger partial charge in [-0.2, -0.15) is 5.26 Å². The summed E-state index contributed by atoms with van der Waals surface area (Å²) >= 11 is 5.75. The van der Waals surface area contributed by atoms with Gasteiger partial charge in [-0.3, -0.25) is 0 Å². The first kappa shape index (κ1) is 12.4. The first-order chi connectivity index (χ1) is 7.80. The second kappa shape index (κ2) is 3.70. The van der Waals surface area contributed by atoms with Crippen molar-refractivity contribution in [3.63, 3.8) is 0 Å². The van der Waals surface area contributed by atoms with Crippen LogP contribution in [0.15, 0.2) is 24.3 Å². The summed E-state index contributed by atoms with van der Waals surface area (Å²) in [6.45, 7) is 0. The minimum atomic E-state index is -3.34. The van der Waals surface area contributed by atoms with Gasteiger partial charge in [-0.15, -0.1) is 0 Å². The molecule has 1 fully saturated rings. The lowest BCUT2D eigenvalue weighted by atomic mass is 10.1. The molecule has 0 heterocycles. The third kappa shape index (κ3) is 1.93. The number of sulfone groups is 1. The molecule has 2 N–H and O–H groups in total. The molecule has 90 valence electrons. The number of rotatable bonds is 2. The van der Waals surface area contributed by atoms with Gasteiger partial charge in [0.05, 0.1) is 6.07 Å². The number of halogens is 1. The van der Waals surface area contributed by atoms with Crippen LogP contribution in [-0.4, -0.2) is 25.5 Å². The van der Waals surface area contributed by atoms with Gasteiger partial charge in [-0.05, 0) is 17.7 Å². The molecule has 0 aliphatic heterocycles. The van der Waals surface area contributed by atoms with Crippen LogP contribution in [0, 0.1) is 11.3 Å². The van der Waals surface area contributed by atoms with Crippen LogP contribution in [-0.2, 0) is 9.84 Å². The molecular formula is C11H11ClN2O2S. The molecule has 2 rings (SSSR count). The minimum Gasteiger partial charge on any atom is -0.312 e. The summed E-state index contributed by atoms with van der Waals surface area (Å²) in [6.07, 6.45) is 1.10. The summed E-state index contributed by atoms with van der Waals surface area (Å²) in [5, 5.41) is 8.75. The van der Waals surface area contributed by atoms with Crippen LogP contribution in [0.4, 0.5) is 0 Å². The van der Waals surface area contributed by atoms with Gasteiger partial charge in [0.1, 0.15) is 10.8 Å². The maximum atomic E-state index is 11.6. The molecule has 0 saturated heterocycles. The van der Waals surface area contributed by atoms with Gasteiger partial charge >= 0.3 is 0 Å². The van der Waals surface area contributed by atoms with Crippen LogP contribution in [0.2, 0.25) is 5.02 Å². The molecule has 1 aromatic carbocycles. The van der Waals surface area contributed by atoms with Crippen molar-refractivity contribution in [1.82, 2.24) is 0 Å². The van der Waals surface area contributed by atoms with E-state index in [2.05, 4.69) is 0 Å². The van der Waals surface area contributed by atoms with Crippen LogP contribution < -0.4 is 5.73 Å². The summed E-state index contributed by atoms with van der Waals surface area (Å²) in [5.74, 6) is -0.472. The van der Waals surface area contributed by atoms with Crippen LogP contribution in [0.5, 0.6) is 0 Å². The van der Waals surface area contributed by atoms with Crippen molar-refractivity contribution in [3.05, 3.63) is 34.9 Å². The lowest BCUT2D eigenvalue weighted by Crippen LogP contribution is -2.28. The summed E-state index contributed by atoms with van der Waals surface area (Å²) in [4.78, 5) is 0. The standard InChI is InChI=1S/C11H11ClN2O2S/c1-17(15,16)10-9(11(10,14)6-13)7-2-4-8(12)5-3-7/h2-5,9-10H,14H2,1H3. The van der Waals surface area contributed by atoms with E-state index in [1.165, 1.54) is 0 Å². The van der Waals surface area contributed by atoms with Crippen LogP contribution in [0.1, 0.15) is 11.5 Å². The molecule has 0 bridgehead atoms. The number of nitrogens with two attached hydrogens (primary N) is 1. The average molecular weight is 271 g/mol. The Bertz CT molecular complexity index is 591. The largest absolute Gasteiger partial charge is 0.312 e. The summed E-state index contributed by atoms with van der Waals surface area (Å²) < 4.78 is 23.1. The Hall–Kier alpha value is -1.09. The highest BCUT2D eigenvalue weighted by atomic mass is 35.5. The van der Waals surface area contributed by atoms with E-state index in [9.17, 15) is 8.42 Å². The van der Waals surface area contributed by atoms with Crippen molar-refractivity contribution in [3.8, 4) is 6.07 Å². The normalized spacial score (nSPS) is 31.9. The van der Waals surface area contributed by atoms with E-state index in [0.29, 0.717) is 5.02 Å². The fourth-order valence-corrected chi connectivity index (χ4v) is 4.06. The quantitative estimate of drug-likeness (QED) is 0.871. The second-order valence-corrected chi connectivity index (χ2v) is 6.93. The predicted octanol–water partition coefficient (Wildman–Crippen LogP) is 1.07. The zero-order chi connectivity index (χ0) is 12.8. The van der Waals surface area contributed by atoms with Gasteiger partial charge in [0, 0.05) is 17.2 Å². The molecule has 3 unspecified atom stereocenters. The van der Waals surface area contributed by atoms with E-state index in [1.54, 1.807) is 24.3 Å². The Morgan fingerprint density at radius 3 is 2.29 bits per heavy atom. The Kier molecular flexibility index (Phi) is 2.69. The highest BCUT2D eigenvalue weighted by molar-refractivity contribution is 7.91. The molecule has 1 saturated carbocycles. The first-order valence-electron chi connectivity index (χ1n) is 4.95. The highest BCUT2D eigenvalue weighted by Gasteiger charge is 2.69. The predicted molar refractivity (Wildman–Crippen MR) is 65.4 cm³/mol. The zero-order valence-corrected chi connectivity index (χ0v) is 10.7. The van der Waals surface area contributed by atoms with Crippen molar-refractivity contribution in [2.75, 3.05) is 6.26 Å². The fourth-order valence-electron chi connectivity index (χ4n) is 2.23. The molecule has 1 aromatic rings. The van der Waals surface area contributed by atoms with Gasteiger partial charge < -0.3 is 5.73 Å². The van der Waals surface area contributed by atoms with Crippen LogP contribution >= 0.6 is 11.6 Å². The van der Waals surface area contributed by atoms with Crippen molar-refractivity contribution in [2.24, 2.45) is 5.73 Å². The van der Waals surface area contributed by atoms with E-state index < -0.39 is 26.5 Å². The molecule has 0 radical (unpaired) electrons. The first-order valence-corrected chi connectivity index (χ1v) is 7.28. The maximum absolute atomic E-state index is 11.6. The summed E-state index contributed by atoms with van der Waals surface area (Å²) in [6, 6.07) is 8.63. The molecule has 17 heavy (non-hydrogen) atoms. The van der Waals surface area contributed by atoms with Crippen LogP contribution in [0.3, 0.4) is 0 Å². The van der Waals surface area contributed by atoms with Gasteiger partial charge in [-0.1, -0.05) is 23.7 Å². The highest BCUT2D eigenvalue weighted by Crippen LogP contribution is 2.53. The molecule has 0 amide bonds. The summed E-state index contributed by atoms with van der Waals surface area (Å²) in [7, 11) is -3.34. The lowest BCUT2D eigenvalue weighted by molar-refractivity contribution is 0.597. The van der Waals surface area contributed by atoms with Gasteiger partial charge in [0.15, 0.2) is 9.84 Å². The van der Waals surface area contributed by atoms with E-state index >= 15 is 0 Å². The van der Waals surface area contributed by atoms with Gasteiger partial charge in [0.2, 0.25) is 0 Å². The SMILES string of the molecule is CS(=O)(=O)C1C(c2ccc(Cl)cc2)C1(N)C#N. The molecule has 0 aromatic heterocycles. The lowest BCUT2D eigenvalue weighted by Gasteiger charge is -2.00. The third-order valence-corrected chi connectivity index (χ3v) is 4.90. The number of hydrogen-bond donors (Lipinski definition) is 1. The molecule has 6 heteroatoms. The van der Waals surface area contributed by atoms with Crippen LogP contribution in [0.25, 0.3) is 0 Å². The van der Waals surface area contributed by atoms with Crippen molar-refractivity contribution in [2.45, 2.75) is 16.7 Å². The van der Waals surface area contributed by atoms with Gasteiger partial charge in [-0.25, -0.2) is 8.42 Å². The third-order valence-electron chi connectivity index (χ3n) is 3.06. The van der Waals surface area contributed by atoms with Crippen molar-refractivity contribution >= 4 is 21.4 Å². The molecular weight excluding hydrogens is 260 g/mol. The molecule has 3 atom stereocenters. The van der Waals surface area contributed by atoms with Crippen molar-refractivity contribution < 1.29 is 8.42 Å². The maximum Gasteiger partial charge on any atom is 0.153 e. The number of nitrogens with zero attached hydrogens (tertiary/aromatic N) is 1. The number of nitriles is 1. The molecule has 1 aliphatic carbocycles. The Morgan fingerprint density at radius 2 is 1.94 bits per heavy atom. The van der Waals surface area contributed by atoms with Crippen molar-refractivity contribution in [1.29, 1.82) is 5.26 Å². The Balaban J connectivity index is 2.42. The molecule has 4 nitrogen and oxygen atoms in total. The second-order valence-electron chi connectivity index (χ2n) is 4.32. The minimum absolute atomic E-state index is 0.472. The van der Waals surface area contributed by atoms with E-state index in [1.807, 2.05) is 6.07 Å².